The highest BCUT2D eigenvalue weighted by Crippen LogP contribution is 2.18. The molecule has 0 radical (unpaired) electrons. The molecule has 0 aromatic rings. The fourth-order valence-corrected chi connectivity index (χ4v) is 4.23. The predicted octanol–water partition coefficient (Wildman–Crippen LogP) is 3.12. The summed E-state index contributed by atoms with van der Waals surface area (Å²) in [6.45, 7) is 17.6. The van der Waals surface area contributed by atoms with Crippen LogP contribution in [-0.2, 0) is 9.47 Å². The number of nitrogens with one attached hydrogen (secondary N) is 1. The lowest BCUT2D eigenvalue weighted by atomic mass is 10.1. The van der Waals surface area contributed by atoms with Gasteiger partial charge < -0.3 is 19.7 Å². The summed E-state index contributed by atoms with van der Waals surface area (Å²) >= 11 is 0. The first-order valence-electron chi connectivity index (χ1n) is 11.5. The van der Waals surface area contributed by atoms with Crippen LogP contribution in [0.15, 0.2) is 4.99 Å². The Hall–Kier alpha value is -0.850. The van der Waals surface area contributed by atoms with Crippen LogP contribution in [0.1, 0.15) is 66.7 Å². The second-order valence-electron chi connectivity index (χ2n) is 8.67. The molecular weight excluding hydrogens is 352 g/mol. The summed E-state index contributed by atoms with van der Waals surface area (Å²) < 4.78 is 11.9. The van der Waals surface area contributed by atoms with Crippen molar-refractivity contribution in [2.75, 3.05) is 45.9 Å². The average molecular weight is 397 g/mol. The van der Waals surface area contributed by atoms with Crippen molar-refractivity contribution < 1.29 is 9.47 Å². The molecule has 0 bridgehead atoms. The van der Waals surface area contributed by atoms with Crippen LogP contribution in [0.2, 0.25) is 0 Å². The van der Waals surface area contributed by atoms with E-state index in [4.69, 9.17) is 14.5 Å². The summed E-state index contributed by atoms with van der Waals surface area (Å²) in [4.78, 5) is 9.81. The number of ether oxygens (including phenoxy) is 2. The van der Waals surface area contributed by atoms with Gasteiger partial charge in [0.05, 0.1) is 25.4 Å². The van der Waals surface area contributed by atoms with Crippen LogP contribution in [0.3, 0.4) is 0 Å². The van der Waals surface area contributed by atoms with Crippen molar-refractivity contribution in [1.29, 1.82) is 0 Å². The second-order valence-corrected chi connectivity index (χ2v) is 8.67. The summed E-state index contributed by atoms with van der Waals surface area (Å²) in [6, 6.07) is 1.11. The van der Waals surface area contributed by atoms with E-state index in [1.165, 1.54) is 12.8 Å². The Kier molecular flexibility index (Phi) is 10.6. The number of nitrogens with zero attached hydrogens (tertiary/aromatic N) is 3. The third-order valence-corrected chi connectivity index (χ3v) is 5.81. The van der Waals surface area contributed by atoms with E-state index in [9.17, 15) is 0 Å². The Morgan fingerprint density at radius 1 is 1.14 bits per heavy atom. The largest absolute Gasteiger partial charge is 0.376 e. The first kappa shape index (κ1) is 23.4. The van der Waals surface area contributed by atoms with E-state index in [0.29, 0.717) is 24.3 Å². The third kappa shape index (κ3) is 7.88. The number of rotatable bonds is 9. The fourth-order valence-electron chi connectivity index (χ4n) is 4.23. The first-order chi connectivity index (χ1) is 13.5. The quantitative estimate of drug-likeness (QED) is 0.479. The molecule has 0 aromatic carbocycles. The lowest BCUT2D eigenvalue weighted by Crippen LogP contribution is -2.47. The van der Waals surface area contributed by atoms with Crippen molar-refractivity contribution in [3.63, 3.8) is 0 Å². The topological polar surface area (TPSA) is 49.3 Å². The Bertz CT molecular complexity index is 434. The fraction of sp³-hybridized carbons (Fsp3) is 0.955. The van der Waals surface area contributed by atoms with Crippen LogP contribution in [0.4, 0.5) is 0 Å². The molecule has 0 saturated carbocycles. The van der Waals surface area contributed by atoms with E-state index >= 15 is 0 Å². The summed E-state index contributed by atoms with van der Waals surface area (Å²) in [5.41, 5.74) is 0. The summed E-state index contributed by atoms with van der Waals surface area (Å²) in [5.74, 6) is 1.06. The van der Waals surface area contributed by atoms with Gasteiger partial charge in [0, 0.05) is 44.9 Å². The molecule has 0 aromatic heterocycles. The van der Waals surface area contributed by atoms with E-state index < -0.39 is 0 Å². The van der Waals surface area contributed by atoms with Crippen LogP contribution in [0, 0.1) is 0 Å². The Morgan fingerprint density at radius 3 is 2.43 bits per heavy atom. The van der Waals surface area contributed by atoms with E-state index in [2.05, 4.69) is 49.7 Å². The van der Waals surface area contributed by atoms with Crippen LogP contribution in [-0.4, -0.2) is 86.0 Å². The Balaban J connectivity index is 1.76. The number of hydrogen-bond acceptors (Lipinski definition) is 4. The van der Waals surface area contributed by atoms with Crippen molar-refractivity contribution in [3.05, 3.63) is 0 Å². The number of aliphatic imine (C=N–C) groups is 1. The Morgan fingerprint density at radius 2 is 1.86 bits per heavy atom. The van der Waals surface area contributed by atoms with E-state index in [0.717, 1.165) is 71.2 Å². The molecule has 2 fully saturated rings. The van der Waals surface area contributed by atoms with Gasteiger partial charge in [-0.05, 0) is 66.7 Å². The molecule has 164 valence electrons. The SMILES string of the molecule is CCNC(=NCCN(C(C)C)C(C)C)N1CCC(OCC2CCCCO2)CC1. The smallest absolute Gasteiger partial charge is 0.193 e. The lowest BCUT2D eigenvalue weighted by molar-refractivity contribution is -0.0721. The summed E-state index contributed by atoms with van der Waals surface area (Å²) in [6.07, 6.45) is 6.45. The first-order valence-corrected chi connectivity index (χ1v) is 11.5. The maximum Gasteiger partial charge on any atom is 0.193 e. The lowest BCUT2D eigenvalue weighted by Gasteiger charge is -2.35. The molecule has 6 nitrogen and oxygen atoms in total. The molecular formula is C22H44N4O2. The zero-order valence-electron chi connectivity index (χ0n) is 19.0. The van der Waals surface area contributed by atoms with Gasteiger partial charge in [-0.2, -0.15) is 0 Å². The van der Waals surface area contributed by atoms with Gasteiger partial charge in [0.1, 0.15) is 0 Å². The number of piperidine rings is 1. The number of hydrogen-bond donors (Lipinski definition) is 1. The molecule has 2 aliphatic rings. The van der Waals surface area contributed by atoms with Crippen LogP contribution >= 0.6 is 0 Å². The standard InChI is InChI=1S/C22H44N4O2/c1-6-23-22(24-12-15-26(18(2)3)19(4)5)25-13-10-20(11-14-25)28-17-21-9-7-8-16-27-21/h18-21H,6-17H2,1-5H3,(H,23,24). The molecule has 2 rings (SSSR count). The van der Waals surface area contributed by atoms with Gasteiger partial charge in [-0.15, -0.1) is 0 Å². The zero-order chi connectivity index (χ0) is 20.4. The van der Waals surface area contributed by atoms with E-state index in [1.807, 2.05) is 0 Å². The van der Waals surface area contributed by atoms with E-state index in [1.54, 1.807) is 0 Å². The summed E-state index contributed by atoms with van der Waals surface area (Å²) in [5, 5.41) is 3.48. The molecule has 1 unspecified atom stereocenters. The molecule has 2 heterocycles. The maximum atomic E-state index is 6.16. The third-order valence-electron chi connectivity index (χ3n) is 5.81. The predicted molar refractivity (Wildman–Crippen MR) is 117 cm³/mol. The minimum atomic E-state index is 0.315. The van der Waals surface area contributed by atoms with Gasteiger partial charge >= 0.3 is 0 Å². The molecule has 1 atom stereocenters. The van der Waals surface area contributed by atoms with Crippen LogP contribution in [0.5, 0.6) is 0 Å². The van der Waals surface area contributed by atoms with Gasteiger partial charge in [0.15, 0.2) is 5.96 Å². The Labute approximate surface area is 173 Å². The molecule has 28 heavy (non-hydrogen) atoms. The molecule has 0 aliphatic carbocycles. The van der Waals surface area contributed by atoms with Crippen molar-refractivity contribution >= 4 is 5.96 Å². The van der Waals surface area contributed by atoms with Gasteiger partial charge in [0.25, 0.3) is 0 Å². The van der Waals surface area contributed by atoms with Gasteiger partial charge in [-0.25, -0.2) is 0 Å². The monoisotopic (exact) mass is 396 g/mol. The highest BCUT2D eigenvalue weighted by molar-refractivity contribution is 5.80. The van der Waals surface area contributed by atoms with Crippen LogP contribution in [0.25, 0.3) is 0 Å². The minimum Gasteiger partial charge on any atom is -0.376 e. The average Bonchev–Trinajstić information content (AvgIpc) is 2.69. The summed E-state index contributed by atoms with van der Waals surface area (Å²) in [7, 11) is 0. The van der Waals surface area contributed by atoms with Gasteiger partial charge in [-0.3, -0.25) is 9.89 Å². The zero-order valence-corrected chi connectivity index (χ0v) is 19.0. The minimum absolute atomic E-state index is 0.315. The van der Waals surface area contributed by atoms with Crippen LogP contribution < -0.4 is 5.32 Å². The molecule has 2 aliphatic heterocycles. The van der Waals surface area contributed by atoms with Crippen molar-refractivity contribution in [1.82, 2.24) is 15.1 Å². The van der Waals surface area contributed by atoms with Crippen molar-refractivity contribution in [2.24, 2.45) is 4.99 Å². The maximum absolute atomic E-state index is 6.16. The molecule has 0 amide bonds. The van der Waals surface area contributed by atoms with Crippen molar-refractivity contribution in [3.8, 4) is 0 Å². The molecule has 2 saturated heterocycles. The van der Waals surface area contributed by atoms with E-state index in [-0.39, 0.29) is 0 Å². The highest BCUT2D eigenvalue weighted by Gasteiger charge is 2.24. The normalized spacial score (nSPS) is 22.5. The van der Waals surface area contributed by atoms with Crippen molar-refractivity contribution in [2.45, 2.75) is 91.0 Å². The molecule has 0 spiro atoms. The molecule has 6 heteroatoms. The van der Waals surface area contributed by atoms with Gasteiger partial charge in [-0.1, -0.05) is 0 Å². The molecule has 1 N–H and O–H groups in total. The van der Waals surface area contributed by atoms with Gasteiger partial charge in [0.2, 0.25) is 0 Å². The second kappa shape index (κ2) is 12.7. The number of guanidine groups is 1. The number of likely N-dealkylation sites (tertiary alicyclic amines) is 1. The highest BCUT2D eigenvalue weighted by atomic mass is 16.5.